The van der Waals surface area contributed by atoms with Crippen LogP contribution in [0.15, 0.2) is 71.3 Å². The number of halogens is 1. The number of carbonyl (C=O) groups excluding carboxylic acids is 1. The van der Waals surface area contributed by atoms with E-state index in [9.17, 15) is 4.79 Å². The van der Waals surface area contributed by atoms with Gasteiger partial charge in [-0.25, -0.2) is 0 Å². The number of hydrogen-bond donors (Lipinski definition) is 1. The predicted octanol–water partition coefficient (Wildman–Crippen LogP) is 5.11. The molecule has 0 fully saturated rings. The summed E-state index contributed by atoms with van der Waals surface area (Å²) < 4.78 is 5.33. The van der Waals surface area contributed by atoms with Crippen LogP contribution >= 0.6 is 11.6 Å². The van der Waals surface area contributed by atoms with E-state index in [-0.39, 0.29) is 12.3 Å². The fourth-order valence-corrected chi connectivity index (χ4v) is 3.09. The van der Waals surface area contributed by atoms with Crippen LogP contribution in [-0.4, -0.2) is 16.0 Å². The van der Waals surface area contributed by atoms with E-state index in [1.807, 2.05) is 42.5 Å². The molecule has 0 saturated carbocycles. The van der Waals surface area contributed by atoms with Gasteiger partial charge in [-0.15, -0.1) is 0 Å². The zero-order chi connectivity index (χ0) is 18.6. The molecule has 134 valence electrons. The van der Waals surface area contributed by atoms with E-state index >= 15 is 0 Å². The van der Waals surface area contributed by atoms with Gasteiger partial charge in [0.1, 0.15) is 0 Å². The number of carbonyl (C=O) groups is 1. The van der Waals surface area contributed by atoms with Crippen molar-refractivity contribution in [2.45, 2.75) is 12.8 Å². The highest BCUT2D eigenvalue weighted by molar-refractivity contribution is 6.30. The number of aromatic nitrogens is 2. The average Bonchev–Trinajstić information content (AvgIpc) is 3.15. The lowest BCUT2D eigenvalue weighted by Gasteiger charge is -2.04. The summed E-state index contributed by atoms with van der Waals surface area (Å²) in [6.07, 6.45) is 0.605. The van der Waals surface area contributed by atoms with Gasteiger partial charge in [0, 0.05) is 29.1 Å². The van der Waals surface area contributed by atoms with E-state index in [0.717, 1.165) is 16.3 Å². The lowest BCUT2D eigenvalue weighted by Crippen LogP contribution is -2.12. The Bertz CT molecular complexity index is 1100. The minimum Gasteiger partial charge on any atom is -0.339 e. The number of nitrogens with one attached hydrogen (secondary N) is 1. The van der Waals surface area contributed by atoms with E-state index in [0.29, 0.717) is 28.8 Å². The van der Waals surface area contributed by atoms with Crippen LogP contribution in [-0.2, 0) is 11.2 Å². The first kappa shape index (κ1) is 17.2. The van der Waals surface area contributed by atoms with Gasteiger partial charge < -0.3 is 9.84 Å². The van der Waals surface area contributed by atoms with E-state index in [4.69, 9.17) is 16.1 Å². The number of aryl methyl sites for hydroxylation is 1. The van der Waals surface area contributed by atoms with Gasteiger partial charge in [-0.05, 0) is 29.0 Å². The van der Waals surface area contributed by atoms with Crippen molar-refractivity contribution in [1.29, 1.82) is 0 Å². The molecule has 1 amide bonds. The summed E-state index contributed by atoms with van der Waals surface area (Å²) in [5.41, 5.74) is 1.57. The van der Waals surface area contributed by atoms with Crippen molar-refractivity contribution < 1.29 is 9.32 Å². The van der Waals surface area contributed by atoms with Crippen LogP contribution in [0.4, 0.5) is 5.69 Å². The van der Waals surface area contributed by atoms with Crippen LogP contribution in [0.3, 0.4) is 0 Å². The number of fused-ring (bicyclic) bond motifs is 1. The molecule has 0 aliphatic rings. The first-order valence-electron chi connectivity index (χ1n) is 8.55. The van der Waals surface area contributed by atoms with Crippen molar-refractivity contribution in [3.63, 3.8) is 0 Å². The molecule has 1 heterocycles. The van der Waals surface area contributed by atoms with Crippen LogP contribution in [0.1, 0.15) is 12.3 Å². The normalized spacial score (nSPS) is 10.9. The van der Waals surface area contributed by atoms with Crippen molar-refractivity contribution in [2.24, 2.45) is 0 Å². The Kier molecular flexibility index (Phi) is 4.85. The predicted molar refractivity (Wildman–Crippen MR) is 106 cm³/mol. The summed E-state index contributed by atoms with van der Waals surface area (Å²) in [6, 6.07) is 21.0. The monoisotopic (exact) mass is 377 g/mol. The van der Waals surface area contributed by atoms with Gasteiger partial charge >= 0.3 is 0 Å². The maximum Gasteiger partial charge on any atom is 0.227 e. The van der Waals surface area contributed by atoms with E-state index in [2.05, 4.69) is 15.5 Å². The molecule has 0 saturated heterocycles. The van der Waals surface area contributed by atoms with Gasteiger partial charge in [-0.3, -0.25) is 4.79 Å². The summed E-state index contributed by atoms with van der Waals surface area (Å²) in [4.78, 5) is 16.5. The van der Waals surface area contributed by atoms with Gasteiger partial charge in [0.05, 0.1) is 0 Å². The molecular formula is C21H16ClN3O2. The largest absolute Gasteiger partial charge is 0.339 e. The quantitative estimate of drug-likeness (QED) is 0.524. The van der Waals surface area contributed by atoms with Crippen LogP contribution in [0.25, 0.3) is 22.2 Å². The van der Waals surface area contributed by atoms with E-state index in [1.165, 1.54) is 0 Å². The van der Waals surface area contributed by atoms with Crippen LogP contribution in [0.2, 0.25) is 5.02 Å². The van der Waals surface area contributed by atoms with E-state index < -0.39 is 0 Å². The van der Waals surface area contributed by atoms with Gasteiger partial charge in [0.15, 0.2) is 0 Å². The summed E-state index contributed by atoms with van der Waals surface area (Å²) in [6.45, 7) is 0. The van der Waals surface area contributed by atoms with Crippen molar-refractivity contribution in [3.05, 3.63) is 77.6 Å². The van der Waals surface area contributed by atoms with Gasteiger partial charge in [-0.1, -0.05) is 65.3 Å². The minimum atomic E-state index is -0.137. The SMILES string of the molecule is O=C(CCc1nc(-c2cccc3ccccc23)no1)Nc1cccc(Cl)c1. The second kappa shape index (κ2) is 7.60. The lowest BCUT2D eigenvalue weighted by molar-refractivity contribution is -0.116. The summed E-state index contributed by atoms with van der Waals surface area (Å²) in [7, 11) is 0. The van der Waals surface area contributed by atoms with Crippen LogP contribution in [0.5, 0.6) is 0 Å². The first-order chi connectivity index (χ1) is 13.2. The average molecular weight is 378 g/mol. The zero-order valence-corrected chi connectivity index (χ0v) is 15.1. The molecule has 4 rings (SSSR count). The van der Waals surface area contributed by atoms with Crippen molar-refractivity contribution in [3.8, 4) is 11.4 Å². The number of nitrogens with zero attached hydrogens (tertiary/aromatic N) is 2. The third-order valence-corrected chi connectivity index (χ3v) is 4.41. The minimum absolute atomic E-state index is 0.137. The Labute approximate surface area is 161 Å². The highest BCUT2D eigenvalue weighted by atomic mass is 35.5. The number of amides is 1. The topological polar surface area (TPSA) is 68.0 Å². The molecule has 0 bridgehead atoms. The Morgan fingerprint density at radius 2 is 1.85 bits per heavy atom. The first-order valence-corrected chi connectivity index (χ1v) is 8.93. The van der Waals surface area contributed by atoms with E-state index in [1.54, 1.807) is 24.3 Å². The second-order valence-corrected chi connectivity index (χ2v) is 6.53. The molecule has 0 spiro atoms. The number of rotatable bonds is 5. The number of anilines is 1. The molecule has 5 nitrogen and oxygen atoms in total. The molecule has 27 heavy (non-hydrogen) atoms. The standard InChI is InChI=1S/C21H16ClN3O2/c22-15-7-4-8-16(13-15)23-19(26)11-12-20-24-21(25-27-20)18-10-3-6-14-5-1-2-9-17(14)18/h1-10,13H,11-12H2,(H,23,26). The van der Waals surface area contributed by atoms with Crippen LogP contribution < -0.4 is 5.32 Å². The molecule has 3 aromatic carbocycles. The smallest absolute Gasteiger partial charge is 0.227 e. The second-order valence-electron chi connectivity index (χ2n) is 6.10. The molecule has 0 radical (unpaired) electrons. The molecule has 1 aromatic heterocycles. The summed E-state index contributed by atoms with van der Waals surface area (Å²) >= 11 is 5.92. The maximum atomic E-state index is 12.1. The Balaban J connectivity index is 1.44. The highest BCUT2D eigenvalue weighted by Crippen LogP contribution is 2.26. The molecule has 0 unspecified atom stereocenters. The Morgan fingerprint density at radius 3 is 2.74 bits per heavy atom. The van der Waals surface area contributed by atoms with Crippen molar-refractivity contribution in [2.75, 3.05) is 5.32 Å². The summed E-state index contributed by atoms with van der Waals surface area (Å²) in [5, 5.41) is 9.63. The van der Waals surface area contributed by atoms with Gasteiger partial charge in [0.25, 0.3) is 0 Å². The summed E-state index contributed by atoms with van der Waals surface area (Å²) in [5.74, 6) is 0.818. The van der Waals surface area contributed by atoms with Crippen molar-refractivity contribution >= 4 is 34.0 Å². The third-order valence-electron chi connectivity index (χ3n) is 4.17. The molecular weight excluding hydrogens is 362 g/mol. The van der Waals surface area contributed by atoms with Gasteiger partial charge in [0.2, 0.25) is 17.6 Å². The fraction of sp³-hybridized carbons (Fsp3) is 0.0952. The number of benzene rings is 3. The Hall–Kier alpha value is -3.18. The van der Waals surface area contributed by atoms with Gasteiger partial charge in [-0.2, -0.15) is 4.98 Å². The molecule has 1 N–H and O–H groups in total. The molecule has 4 aromatic rings. The zero-order valence-electron chi connectivity index (χ0n) is 14.4. The lowest BCUT2D eigenvalue weighted by atomic mass is 10.0. The third kappa shape index (κ3) is 3.99. The molecule has 0 aliphatic carbocycles. The molecule has 0 aliphatic heterocycles. The maximum absolute atomic E-state index is 12.1. The molecule has 6 heteroatoms. The highest BCUT2D eigenvalue weighted by Gasteiger charge is 2.13. The number of hydrogen-bond acceptors (Lipinski definition) is 4. The Morgan fingerprint density at radius 1 is 1.04 bits per heavy atom. The van der Waals surface area contributed by atoms with Crippen molar-refractivity contribution in [1.82, 2.24) is 10.1 Å². The molecule has 0 atom stereocenters. The van der Waals surface area contributed by atoms with Crippen LogP contribution in [0, 0.1) is 0 Å². The fourth-order valence-electron chi connectivity index (χ4n) is 2.90.